The standard InChI is InChI=1S/C11H18N2O2/c1-5-9(7(2)14)10-6-11(15-4)13-8(3)12-10/h6-7,9,14H,5H2,1-4H3. The molecule has 0 saturated carbocycles. The number of aliphatic hydroxyl groups is 1. The number of aromatic nitrogens is 2. The molecule has 0 fully saturated rings. The summed E-state index contributed by atoms with van der Waals surface area (Å²) in [6.45, 7) is 5.63. The van der Waals surface area contributed by atoms with Crippen LogP contribution >= 0.6 is 0 Å². The van der Waals surface area contributed by atoms with Crippen molar-refractivity contribution < 1.29 is 9.84 Å². The molecule has 2 unspecified atom stereocenters. The molecule has 0 radical (unpaired) electrons. The largest absolute Gasteiger partial charge is 0.481 e. The van der Waals surface area contributed by atoms with E-state index in [2.05, 4.69) is 9.97 Å². The molecule has 0 aromatic carbocycles. The van der Waals surface area contributed by atoms with Gasteiger partial charge in [0.25, 0.3) is 0 Å². The highest BCUT2D eigenvalue weighted by Crippen LogP contribution is 2.23. The quantitative estimate of drug-likeness (QED) is 0.821. The molecule has 84 valence electrons. The van der Waals surface area contributed by atoms with E-state index in [0.717, 1.165) is 12.1 Å². The second-order valence-electron chi connectivity index (χ2n) is 3.64. The Morgan fingerprint density at radius 3 is 2.60 bits per heavy atom. The minimum absolute atomic E-state index is 0.0422. The van der Waals surface area contributed by atoms with Crippen LogP contribution in [0.1, 0.15) is 37.7 Å². The molecule has 1 heterocycles. The molecular weight excluding hydrogens is 192 g/mol. The van der Waals surface area contributed by atoms with E-state index >= 15 is 0 Å². The van der Waals surface area contributed by atoms with Crippen molar-refractivity contribution in [2.24, 2.45) is 0 Å². The number of nitrogens with zero attached hydrogens (tertiary/aromatic N) is 2. The third-order valence-electron chi connectivity index (χ3n) is 2.45. The highest BCUT2D eigenvalue weighted by molar-refractivity contribution is 5.20. The normalized spacial score (nSPS) is 14.7. The second-order valence-corrected chi connectivity index (χ2v) is 3.64. The van der Waals surface area contributed by atoms with Crippen molar-refractivity contribution in [3.63, 3.8) is 0 Å². The number of hydrogen-bond donors (Lipinski definition) is 1. The van der Waals surface area contributed by atoms with E-state index < -0.39 is 6.10 Å². The fraction of sp³-hybridized carbons (Fsp3) is 0.636. The molecule has 0 amide bonds. The highest BCUT2D eigenvalue weighted by atomic mass is 16.5. The van der Waals surface area contributed by atoms with Crippen LogP contribution in [-0.2, 0) is 0 Å². The van der Waals surface area contributed by atoms with E-state index in [-0.39, 0.29) is 5.92 Å². The lowest BCUT2D eigenvalue weighted by molar-refractivity contribution is 0.157. The fourth-order valence-electron chi connectivity index (χ4n) is 1.65. The molecule has 4 nitrogen and oxygen atoms in total. The predicted octanol–water partition coefficient (Wildman–Crippen LogP) is 1.67. The van der Waals surface area contributed by atoms with Crippen molar-refractivity contribution in [2.75, 3.05) is 7.11 Å². The monoisotopic (exact) mass is 210 g/mol. The molecular formula is C11H18N2O2. The average Bonchev–Trinajstić information content (AvgIpc) is 2.17. The van der Waals surface area contributed by atoms with Gasteiger partial charge in [-0.05, 0) is 20.3 Å². The summed E-state index contributed by atoms with van der Waals surface area (Å²) in [7, 11) is 1.58. The van der Waals surface area contributed by atoms with Crippen LogP contribution in [-0.4, -0.2) is 28.3 Å². The van der Waals surface area contributed by atoms with Gasteiger partial charge < -0.3 is 9.84 Å². The van der Waals surface area contributed by atoms with Gasteiger partial charge in [0.05, 0.1) is 18.9 Å². The Bertz CT molecular complexity index is 326. The highest BCUT2D eigenvalue weighted by Gasteiger charge is 2.18. The number of rotatable bonds is 4. The Hall–Kier alpha value is -1.16. The molecule has 0 saturated heterocycles. The maximum absolute atomic E-state index is 9.62. The smallest absolute Gasteiger partial charge is 0.216 e. The van der Waals surface area contributed by atoms with Gasteiger partial charge in [0, 0.05) is 12.0 Å². The van der Waals surface area contributed by atoms with Crippen LogP contribution in [0.4, 0.5) is 0 Å². The maximum atomic E-state index is 9.62. The van der Waals surface area contributed by atoms with E-state index in [1.807, 2.05) is 13.8 Å². The molecule has 1 aromatic heterocycles. The Kier molecular flexibility index (Phi) is 4.03. The molecule has 1 N–H and O–H groups in total. The van der Waals surface area contributed by atoms with E-state index in [1.54, 1.807) is 20.1 Å². The molecule has 0 aliphatic heterocycles. The van der Waals surface area contributed by atoms with E-state index in [9.17, 15) is 5.11 Å². The summed E-state index contributed by atoms with van der Waals surface area (Å²) >= 11 is 0. The van der Waals surface area contributed by atoms with Crippen molar-refractivity contribution in [3.05, 3.63) is 17.6 Å². The SMILES string of the molecule is CCC(c1cc(OC)nc(C)n1)C(C)O. The molecule has 1 aromatic rings. The predicted molar refractivity (Wildman–Crippen MR) is 58.0 cm³/mol. The maximum Gasteiger partial charge on any atom is 0.216 e. The number of hydrogen-bond acceptors (Lipinski definition) is 4. The van der Waals surface area contributed by atoms with Gasteiger partial charge in [-0.2, -0.15) is 4.98 Å². The summed E-state index contributed by atoms with van der Waals surface area (Å²) in [5, 5.41) is 9.62. The van der Waals surface area contributed by atoms with Gasteiger partial charge in [0.1, 0.15) is 5.82 Å². The molecule has 0 aliphatic carbocycles. The average molecular weight is 210 g/mol. The van der Waals surface area contributed by atoms with Crippen molar-refractivity contribution in [3.8, 4) is 5.88 Å². The third-order valence-corrected chi connectivity index (χ3v) is 2.45. The molecule has 1 rings (SSSR count). The zero-order valence-corrected chi connectivity index (χ0v) is 9.69. The fourth-order valence-corrected chi connectivity index (χ4v) is 1.65. The summed E-state index contributed by atoms with van der Waals surface area (Å²) < 4.78 is 5.08. The first-order valence-corrected chi connectivity index (χ1v) is 5.16. The summed E-state index contributed by atoms with van der Waals surface area (Å²) in [6, 6.07) is 1.79. The summed E-state index contributed by atoms with van der Waals surface area (Å²) in [5.41, 5.74) is 0.844. The van der Waals surface area contributed by atoms with Crippen LogP contribution in [0.25, 0.3) is 0 Å². The summed E-state index contributed by atoms with van der Waals surface area (Å²) in [4.78, 5) is 8.44. The Morgan fingerprint density at radius 1 is 1.47 bits per heavy atom. The lowest BCUT2D eigenvalue weighted by Crippen LogP contribution is -2.16. The zero-order valence-electron chi connectivity index (χ0n) is 9.69. The second kappa shape index (κ2) is 5.07. The zero-order chi connectivity index (χ0) is 11.4. The Balaban J connectivity index is 3.06. The van der Waals surface area contributed by atoms with Crippen LogP contribution in [0.3, 0.4) is 0 Å². The third kappa shape index (κ3) is 2.89. The topological polar surface area (TPSA) is 55.2 Å². The van der Waals surface area contributed by atoms with Crippen molar-refractivity contribution in [2.45, 2.75) is 39.2 Å². The van der Waals surface area contributed by atoms with Gasteiger partial charge >= 0.3 is 0 Å². The van der Waals surface area contributed by atoms with Gasteiger partial charge in [0.15, 0.2) is 0 Å². The number of aryl methyl sites for hydroxylation is 1. The van der Waals surface area contributed by atoms with Crippen LogP contribution < -0.4 is 4.74 Å². The first-order chi connectivity index (χ1) is 7.08. The first-order valence-electron chi connectivity index (χ1n) is 5.16. The van der Waals surface area contributed by atoms with E-state index in [0.29, 0.717) is 11.7 Å². The molecule has 15 heavy (non-hydrogen) atoms. The van der Waals surface area contributed by atoms with Crippen LogP contribution in [0.5, 0.6) is 5.88 Å². The van der Waals surface area contributed by atoms with Crippen LogP contribution in [0, 0.1) is 6.92 Å². The van der Waals surface area contributed by atoms with Gasteiger partial charge in [-0.25, -0.2) is 4.98 Å². The minimum Gasteiger partial charge on any atom is -0.481 e. The Labute approximate surface area is 90.3 Å². The van der Waals surface area contributed by atoms with Crippen LogP contribution in [0.2, 0.25) is 0 Å². The minimum atomic E-state index is -0.408. The summed E-state index contributed by atoms with van der Waals surface area (Å²) in [5.74, 6) is 1.26. The molecule has 4 heteroatoms. The van der Waals surface area contributed by atoms with E-state index in [1.165, 1.54) is 0 Å². The molecule has 0 spiro atoms. The molecule has 0 bridgehead atoms. The van der Waals surface area contributed by atoms with Gasteiger partial charge in [0.2, 0.25) is 5.88 Å². The van der Waals surface area contributed by atoms with E-state index in [4.69, 9.17) is 4.74 Å². The number of methoxy groups -OCH3 is 1. The first kappa shape index (κ1) is 11.9. The summed E-state index contributed by atoms with van der Waals surface area (Å²) in [6.07, 6.45) is 0.436. The van der Waals surface area contributed by atoms with Crippen molar-refractivity contribution >= 4 is 0 Å². The van der Waals surface area contributed by atoms with Gasteiger partial charge in [-0.15, -0.1) is 0 Å². The molecule has 0 aliphatic rings. The van der Waals surface area contributed by atoms with Crippen molar-refractivity contribution in [1.82, 2.24) is 9.97 Å². The molecule has 2 atom stereocenters. The Morgan fingerprint density at radius 2 is 2.13 bits per heavy atom. The van der Waals surface area contributed by atoms with Crippen molar-refractivity contribution in [1.29, 1.82) is 0 Å². The lowest BCUT2D eigenvalue weighted by atomic mass is 9.96. The van der Waals surface area contributed by atoms with Crippen LogP contribution in [0.15, 0.2) is 6.07 Å². The number of ether oxygens (including phenoxy) is 1. The van der Waals surface area contributed by atoms with Gasteiger partial charge in [-0.3, -0.25) is 0 Å². The number of aliphatic hydroxyl groups excluding tert-OH is 1. The lowest BCUT2D eigenvalue weighted by Gasteiger charge is -2.18. The van der Waals surface area contributed by atoms with Gasteiger partial charge in [-0.1, -0.05) is 6.92 Å².